The van der Waals surface area contributed by atoms with Crippen molar-refractivity contribution in [3.05, 3.63) is 118 Å². The van der Waals surface area contributed by atoms with Gasteiger partial charge in [-0.15, -0.1) is 13.2 Å². The van der Waals surface area contributed by atoms with Crippen LogP contribution in [0.4, 0.5) is 13.2 Å². The topological polar surface area (TPSA) is 130 Å². The van der Waals surface area contributed by atoms with Crippen molar-refractivity contribution < 1.29 is 42.0 Å². The second-order valence-corrected chi connectivity index (χ2v) is 10.9. The number of fused-ring (bicyclic) bond motifs is 1. The molecule has 3 heterocycles. The van der Waals surface area contributed by atoms with E-state index in [2.05, 4.69) is 19.7 Å². The Morgan fingerprint density at radius 1 is 0.915 bits per heavy atom. The highest BCUT2D eigenvalue weighted by atomic mass is 19.4. The highest BCUT2D eigenvalue weighted by Crippen LogP contribution is 2.43. The largest absolute Gasteiger partial charge is 0.523 e. The summed E-state index contributed by atoms with van der Waals surface area (Å²) in [5.74, 6) is 1.41. The highest BCUT2D eigenvalue weighted by molar-refractivity contribution is 5.69. The molecule has 246 valence electrons. The molecule has 11 nitrogen and oxygen atoms in total. The van der Waals surface area contributed by atoms with E-state index in [1.54, 1.807) is 38.5 Å². The third kappa shape index (κ3) is 6.20. The molecule has 0 saturated carbocycles. The van der Waals surface area contributed by atoms with Gasteiger partial charge < -0.3 is 29.0 Å². The van der Waals surface area contributed by atoms with Crippen molar-refractivity contribution in [2.24, 2.45) is 0 Å². The minimum Gasteiger partial charge on any atom is -0.497 e. The fraction of sp³-hybridized carbons (Fsp3) is 0.303. The summed E-state index contributed by atoms with van der Waals surface area (Å²) in [6.07, 6.45) is -10.7. The molecule has 2 aromatic heterocycles. The third-order valence-corrected chi connectivity index (χ3v) is 8.04. The number of aromatic nitrogens is 4. The number of nitrogens with one attached hydrogen (secondary N) is 1. The predicted octanol–water partition coefficient (Wildman–Crippen LogP) is 4.62. The van der Waals surface area contributed by atoms with Gasteiger partial charge in [-0.2, -0.15) is 0 Å². The summed E-state index contributed by atoms with van der Waals surface area (Å²) in [4.78, 5) is 23.2. The van der Waals surface area contributed by atoms with Crippen LogP contribution in [0.5, 0.6) is 11.5 Å². The summed E-state index contributed by atoms with van der Waals surface area (Å²) in [6.45, 7) is 1.13. The SMILES string of the molecule is COc1ccc(C(OC[C@H]2O[C@@H](n3cnc4c(=O)[nH]c(C)nc43)C(OC(F)(F)F)[C@H]2O)(c2ccccc2)c2ccc(OC)cc2)cc1. The van der Waals surface area contributed by atoms with E-state index in [-0.39, 0.29) is 23.6 Å². The number of ether oxygens (including phenoxy) is 5. The lowest BCUT2D eigenvalue weighted by Gasteiger charge is -2.37. The molecule has 14 heteroatoms. The molecule has 0 aliphatic carbocycles. The highest BCUT2D eigenvalue weighted by Gasteiger charge is 2.52. The first-order valence-corrected chi connectivity index (χ1v) is 14.5. The van der Waals surface area contributed by atoms with Crippen molar-refractivity contribution >= 4 is 11.2 Å². The normalized spacial score (nSPS) is 20.1. The maximum Gasteiger partial charge on any atom is 0.523 e. The van der Waals surface area contributed by atoms with Crippen molar-refractivity contribution in [2.75, 3.05) is 20.8 Å². The molecule has 0 spiro atoms. The van der Waals surface area contributed by atoms with Gasteiger partial charge in [0, 0.05) is 0 Å². The molecule has 4 atom stereocenters. The van der Waals surface area contributed by atoms with Crippen LogP contribution in [0.1, 0.15) is 28.7 Å². The van der Waals surface area contributed by atoms with Crippen LogP contribution in [0, 0.1) is 6.92 Å². The van der Waals surface area contributed by atoms with E-state index in [9.17, 15) is 23.1 Å². The molecule has 5 aromatic rings. The number of methoxy groups -OCH3 is 2. The van der Waals surface area contributed by atoms with Gasteiger partial charge in [-0.05, 0) is 47.9 Å². The number of nitrogens with zero attached hydrogens (tertiary/aromatic N) is 3. The van der Waals surface area contributed by atoms with Crippen molar-refractivity contribution in [3.8, 4) is 11.5 Å². The molecule has 0 bridgehead atoms. The Morgan fingerprint density at radius 3 is 2.04 bits per heavy atom. The smallest absolute Gasteiger partial charge is 0.497 e. The first-order chi connectivity index (χ1) is 22.5. The number of aryl methyl sites for hydroxylation is 1. The molecule has 0 radical (unpaired) electrons. The van der Waals surface area contributed by atoms with Crippen molar-refractivity contribution in [2.45, 2.75) is 43.4 Å². The monoisotopic (exact) mass is 652 g/mol. The second kappa shape index (κ2) is 12.8. The van der Waals surface area contributed by atoms with Gasteiger partial charge in [-0.25, -0.2) is 9.97 Å². The van der Waals surface area contributed by atoms with Gasteiger partial charge in [0.15, 0.2) is 17.4 Å². The van der Waals surface area contributed by atoms with Gasteiger partial charge in [0.25, 0.3) is 5.56 Å². The number of benzene rings is 3. The molecule has 1 aliphatic heterocycles. The van der Waals surface area contributed by atoms with E-state index in [1.807, 2.05) is 54.6 Å². The van der Waals surface area contributed by atoms with Crippen molar-refractivity contribution in [1.82, 2.24) is 19.5 Å². The number of rotatable bonds is 10. The second-order valence-electron chi connectivity index (χ2n) is 10.9. The molecular formula is C33H31F3N4O7. The number of halogens is 3. The number of H-pyrrole nitrogens is 1. The summed E-state index contributed by atoms with van der Waals surface area (Å²) < 4.78 is 70.2. The Labute approximate surface area is 266 Å². The zero-order chi connectivity index (χ0) is 33.3. The number of aromatic amines is 1. The van der Waals surface area contributed by atoms with Crippen LogP contribution in [-0.4, -0.2) is 70.1 Å². The third-order valence-electron chi connectivity index (χ3n) is 8.04. The predicted molar refractivity (Wildman–Crippen MR) is 162 cm³/mol. The van der Waals surface area contributed by atoms with E-state index in [0.29, 0.717) is 28.2 Å². The Bertz CT molecular complexity index is 1830. The van der Waals surface area contributed by atoms with Gasteiger partial charge >= 0.3 is 6.36 Å². The molecule has 6 rings (SSSR count). The summed E-state index contributed by atoms with van der Waals surface area (Å²) >= 11 is 0. The van der Waals surface area contributed by atoms with Gasteiger partial charge in [-0.3, -0.25) is 14.1 Å². The summed E-state index contributed by atoms with van der Waals surface area (Å²) in [5.41, 5.74) is -0.0269. The van der Waals surface area contributed by atoms with Crippen LogP contribution in [0.2, 0.25) is 0 Å². The summed E-state index contributed by atoms with van der Waals surface area (Å²) in [6, 6.07) is 23.6. The van der Waals surface area contributed by atoms with Gasteiger partial charge in [0.1, 0.15) is 41.2 Å². The number of hydrogen-bond acceptors (Lipinski definition) is 9. The van der Waals surface area contributed by atoms with Crippen LogP contribution in [-0.2, 0) is 19.8 Å². The van der Waals surface area contributed by atoms with E-state index in [4.69, 9.17) is 18.9 Å². The fourth-order valence-corrected chi connectivity index (χ4v) is 5.86. The van der Waals surface area contributed by atoms with Gasteiger partial charge in [-0.1, -0.05) is 54.6 Å². The van der Waals surface area contributed by atoms with Crippen molar-refractivity contribution in [3.63, 3.8) is 0 Å². The zero-order valence-electron chi connectivity index (χ0n) is 25.5. The zero-order valence-corrected chi connectivity index (χ0v) is 25.5. The van der Waals surface area contributed by atoms with Gasteiger partial charge in [0.05, 0.1) is 27.2 Å². The molecule has 47 heavy (non-hydrogen) atoms. The quantitative estimate of drug-likeness (QED) is 0.208. The molecule has 1 unspecified atom stereocenters. The lowest BCUT2D eigenvalue weighted by atomic mass is 9.80. The molecular weight excluding hydrogens is 621 g/mol. The lowest BCUT2D eigenvalue weighted by molar-refractivity contribution is -0.355. The average Bonchev–Trinajstić information content (AvgIpc) is 3.62. The summed E-state index contributed by atoms with van der Waals surface area (Å²) in [5, 5.41) is 11.3. The van der Waals surface area contributed by atoms with E-state index in [1.165, 1.54) is 6.92 Å². The summed E-state index contributed by atoms with van der Waals surface area (Å²) in [7, 11) is 3.09. The van der Waals surface area contributed by atoms with Crippen LogP contribution >= 0.6 is 0 Å². The van der Waals surface area contributed by atoms with E-state index >= 15 is 0 Å². The molecule has 3 aromatic carbocycles. The standard InChI is InChI=1S/C33H31F3N4O7/c1-19-38-29-26(30(42)39-19)37-18-40(29)31-28(47-33(34,35)36)27(41)25(46-31)17-45-32(20-7-5-4-6-8-20,21-9-13-23(43-2)14-10-21)22-11-15-24(44-3)16-12-22/h4-16,18,25,27-28,31,41H,17H2,1-3H3,(H,38,39,42)/t25-,27+,28?,31-/m1/s1. The van der Waals surface area contributed by atoms with Crippen LogP contribution in [0.25, 0.3) is 11.2 Å². The van der Waals surface area contributed by atoms with Gasteiger partial charge in [0.2, 0.25) is 0 Å². The molecule has 2 N–H and O–H groups in total. The number of aliphatic hydroxyl groups excluding tert-OH is 1. The lowest BCUT2D eigenvalue weighted by Crippen LogP contribution is -2.41. The number of alkyl halides is 3. The number of hydrogen-bond donors (Lipinski definition) is 2. The first kappa shape index (κ1) is 32.2. The molecule has 1 fully saturated rings. The molecule has 0 amide bonds. The average molecular weight is 653 g/mol. The first-order valence-electron chi connectivity index (χ1n) is 14.5. The van der Waals surface area contributed by atoms with Crippen LogP contribution < -0.4 is 15.0 Å². The molecule has 1 saturated heterocycles. The number of aliphatic hydroxyl groups is 1. The maximum absolute atomic E-state index is 13.7. The Kier molecular flexibility index (Phi) is 8.76. The minimum absolute atomic E-state index is 0.0316. The Balaban J connectivity index is 1.43. The Morgan fingerprint density at radius 2 is 1.49 bits per heavy atom. The van der Waals surface area contributed by atoms with Crippen LogP contribution in [0.3, 0.4) is 0 Å². The minimum atomic E-state index is -5.12. The number of imidazole rings is 1. The van der Waals surface area contributed by atoms with E-state index in [0.717, 1.165) is 10.9 Å². The van der Waals surface area contributed by atoms with Crippen LogP contribution in [0.15, 0.2) is 90.0 Å². The maximum atomic E-state index is 13.7. The van der Waals surface area contributed by atoms with Crippen molar-refractivity contribution in [1.29, 1.82) is 0 Å². The van der Waals surface area contributed by atoms with E-state index < -0.39 is 42.1 Å². The molecule has 1 aliphatic rings. The fourth-order valence-electron chi connectivity index (χ4n) is 5.86. The Hall–Kier alpha value is -4.76.